The fourth-order valence-electron chi connectivity index (χ4n) is 3.31. The topological polar surface area (TPSA) is 27.7 Å². The van der Waals surface area contributed by atoms with Crippen molar-refractivity contribution in [1.29, 1.82) is 0 Å². The maximum absolute atomic E-state index is 5.85. The minimum atomic E-state index is 0.342. The molecule has 21 heavy (non-hydrogen) atoms. The van der Waals surface area contributed by atoms with E-state index in [9.17, 15) is 0 Å². The molecule has 1 aliphatic carbocycles. The van der Waals surface area contributed by atoms with E-state index in [1.165, 1.54) is 51.7 Å². The molecule has 1 N–H and O–H groups in total. The van der Waals surface area contributed by atoms with Gasteiger partial charge in [0.25, 0.3) is 0 Å². The molecule has 124 valence electrons. The van der Waals surface area contributed by atoms with Gasteiger partial charge in [-0.15, -0.1) is 0 Å². The first kappa shape index (κ1) is 17.2. The first-order chi connectivity index (χ1) is 10.1. The summed E-state index contributed by atoms with van der Waals surface area (Å²) >= 11 is 0. The Morgan fingerprint density at radius 2 is 2.05 bits per heavy atom. The van der Waals surface area contributed by atoms with E-state index >= 15 is 0 Å². The van der Waals surface area contributed by atoms with Crippen LogP contribution in [0.3, 0.4) is 0 Å². The number of hydrogen-bond donors (Lipinski definition) is 1. The molecule has 0 aromatic carbocycles. The largest absolute Gasteiger partial charge is 0.381 e. The van der Waals surface area contributed by atoms with Crippen LogP contribution in [0.15, 0.2) is 0 Å². The lowest BCUT2D eigenvalue weighted by Crippen LogP contribution is -2.49. The Labute approximate surface area is 131 Å². The van der Waals surface area contributed by atoms with Crippen molar-refractivity contribution in [3.05, 3.63) is 0 Å². The third kappa shape index (κ3) is 6.23. The van der Waals surface area contributed by atoms with Crippen molar-refractivity contribution in [2.45, 2.75) is 45.1 Å². The highest BCUT2D eigenvalue weighted by atomic mass is 16.5. The Kier molecular flexibility index (Phi) is 6.93. The maximum Gasteiger partial charge on any atom is 0.0546 e. The Balaban J connectivity index is 1.82. The molecule has 1 saturated carbocycles. The zero-order valence-corrected chi connectivity index (χ0v) is 14.4. The van der Waals surface area contributed by atoms with Gasteiger partial charge in [0.1, 0.15) is 0 Å². The maximum atomic E-state index is 5.85. The molecule has 2 aliphatic rings. The normalized spacial score (nSPS) is 26.7. The van der Waals surface area contributed by atoms with Gasteiger partial charge in [-0.3, -0.25) is 0 Å². The molecule has 1 heterocycles. The highest BCUT2D eigenvalue weighted by molar-refractivity contribution is 4.91. The van der Waals surface area contributed by atoms with E-state index in [1.807, 2.05) is 0 Å². The van der Waals surface area contributed by atoms with E-state index in [4.69, 9.17) is 4.74 Å². The second kappa shape index (κ2) is 8.47. The number of hydrogen-bond acceptors (Lipinski definition) is 4. The summed E-state index contributed by atoms with van der Waals surface area (Å²) in [4.78, 5) is 4.91. The van der Waals surface area contributed by atoms with E-state index < -0.39 is 0 Å². The average molecular weight is 297 g/mol. The number of rotatable bonds is 10. The second-order valence-corrected chi connectivity index (χ2v) is 7.34. The number of ether oxygens (including phenoxy) is 1. The molecule has 0 radical (unpaired) electrons. The van der Waals surface area contributed by atoms with Crippen LogP contribution in [0.5, 0.6) is 0 Å². The van der Waals surface area contributed by atoms with Crippen LogP contribution in [0.2, 0.25) is 0 Å². The molecule has 0 bridgehead atoms. The molecule has 1 unspecified atom stereocenters. The molecule has 0 spiro atoms. The summed E-state index contributed by atoms with van der Waals surface area (Å²) < 4.78 is 5.85. The summed E-state index contributed by atoms with van der Waals surface area (Å²) in [5.74, 6) is 0. The summed E-state index contributed by atoms with van der Waals surface area (Å²) in [6.45, 7) is 10.1. The van der Waals surface area contributed by atoms with Crippen LogP contribution in [0.1, 0.15) is 39.0 Å². The van der Waals surface area contributed by atoms with Gasteiger partial charge in [0, 0.05) is 31.2 Å². The lowest BCUT2D eigenvalue weighted by Gasteiger charge is -2.41. The van der Waals surface area contributed by atoms with Crippen LogP contribution in [-0.4, -0.2) is 75.9 Å². The van der Waals surface area contributed by atoms with Crippen LogP contribution in [0.4, 0.5) is 0 Å². The molecule has 0 aromatic heterocycles. The van der Waals surface area contributed by atoms with Gasteiger partial charge in [-0.2, -0.15) is 0 Å². The van der Waals surface area contributed by atoms with Crippen molar-refractivity contribution in [1.82, 2.24) is 15.1 Å². The van der Waals surface area contributed by atoms with Gasteiger partial charge in [0.05, 0.1) is 6.61 Å². The van der Waals surface area contributed by atoms with E-state index in [0.29, 0.717) is 5.41 Å². The molecule has 0 amide bonds. The van der Waals surface area contributed by atoms with E-state index in [1.54, 1.807) is 0 Å². The molecule has 0 aromatic rings. The molecule has 1 aliphatic heterocycles. The quantitative estimate of drug-likeness (QED) is 0.665. The van der Waals surface area contributed by atoms with E-state index in [2.05, 4.69) is 36.1 Å². The van der Waals surface area contributed by atoms with E-state index in [0.717, 1.165) is 32.3 Å². The lowest BCUT2D eigenvalue weighted by molar-refractivity contribution is -0.0260. The zero-order chi connectivity index (χ0) is 15.1. The van der Waals surface area contributed by atoms with Crippen molar-refractivity contribution in [3.8, 4) is 0 Å². The molecule has 4 heteroatoms. The summed E-state index contributed by atoms with van der Waals surface area (Å²) in [5.41, 5.74) is 0.342. The zero-order valence-electron chi connectivity index (χ0n) is 14.4. The predicted octanol–water partition coefficient (Wildman–Crippen LogP) is 1.81. The van der Waals surface area contributed by atoms with Crippen molar-refractivity contribution >= 4 is 0 Å². The Morgan fingerprint density at radius 3 is 2.62 bits per heavy atom. The summed E-state index contributed by atoms with van der Waals surface area (Å²) in [5, 5.41) is 3.76. The highest BCUT2D eigenvalue weighted by Gasteiger charge is 2.36. The number of nitrogens with one attached hydrogen (secondary N) is 1. The van der Waals surface area contributed by atoms with Gasteiger partial charge >= 0.3 is 0 Å². The highest BCUT2D eigenvalue weighted by Crippen LogP contribution is 2.31. The first-order valence-electron chi connectivity index (χ1n) is 8.82. The summed E-state index contributed by atoms with van der Waals surface area (Å²) in [6, 6.07) is 0.799. The standard InChI is InChI=1S/C17H35N3O/c1-4-20(11-6-10-19(2)3)14-17(9-5-12-21-15-17)13-18-16-7-8-16/h16,18H,4-15H2,1-3H3. The average Bonchev–Trinajstić information content (AvgIpc) is 3.29. The van der Waals surface area contributed by atoms with Gasteiger partial charge in [-0.05, 0) is 65.8 Å². The molecule has 4 nitrogen and oxygen atoms in total. The van der Waals surface area contributed by atoms with Crippen LogP contribution < -0.4 is 5.32 Å². The number of nitrogens with zero attached hydrogens (tertiary/aromatic N) is 2. The van der Waals surface area contributed by atoms with Crippen molar-refractivity contribution in [2.24, 2.45) is 5.41 Å². The minimum absolute atomic E-state index is 0.342. The van der Waals surface area contributed by atoms with Gasteiger partial charge in [-0.1, -0.05) is 6.92 Å². The monoisotopic (exact) mass is 297 g/mol. The Hall–Kier alpha value is -0.160. The van der Waals surface area contributed by atoms with Gasteiger partial charge in [0.2, 0.25) is 0 Å². The smallest absolute Gasteiger partial charge is 0.0546 e. The first-order valence-corrected chi connectivity index (χ1v) is 8.82. The second-order valence-electron chi connectivity index (χ2n) is 7.34. The Bertz CT molecular complexity index is 286. The molecule has 1 atom stereocenters. The van der Waals surface area contributed by atoms with Crippen molar-refractivity contribution in [3.63, 3.8) is 0 Å². The van der Waals surface area contributed by atoms with Gasteiger partial charge in [-0.25, -0.2) is 0 Å². The van der Waals surface area contributed by atoms with Crippen LogP contribution >= 0.6 is 0 Å². The third-order valence-electron chi connectivity index (χ3n) is 4.83. The van der Waals surface area contributed by atoms with Crippen molar-refractivity contribution in [2.75, 3.05) is 60.0 Å². The predicted molar refractivity (Wildman–Crippen MR) is 88.8 cm³/mol. The van der Waals surface area contributed by atoms with Gasteiger partial charge < -0.3 is 19.9 Å². The molecular weight excluding hydrogens is 262 g/mol. The molecular formula is C17H35N3O. The summed E-state index contributed by atoms with van der Waals surface area (Å²) in [6.07, 6.45) is 6.54. The van der Waals surface area contributed by atoms with Crippen molar-refractivity contribution < 1.29 is 4.74 Å². The fourth-order valence-corrected chi connectivity index (χ4v) is 3.31. The fraction of sp³-hybridized carbons (Fsp3) is 1.00. The van der Waals surface area contributed by atoms with Crippen LogP contribution in [0.25, 0.3) is 0 Å². The Morgan fingerprint density at radius 1 is 1.24 bits per heavy atom. The summed E-state index contributed by atoms with van der Waals surface area (Å²) in [7, 11) is 4.32. The SMILES string of the molecule is CCN(CCCN(C)C)CC1(CNC2CC2)CCCOC1. The minimum Gasteiger partial charge on any atom is -0.381 e. The molecule has 2 rings (SSSR count). The van der Waals surface area contributed by atoms with Crippen LogP contribution in [-0.2, 0) is 4.74 Å². The van der Waals surface area contributed by atoms with Gasteiger partial charge in [0.15, 0.2) is 0 Å². The molecule has 2 fully saturated rings. The third-order valence-corrected chi connectivity index (χ3v) is 4.83. The lowest BCUT2D eigenvalue weighted by atomic mass is 9.81. The van der Waals surface area contributed by atoms with E-state index in [-0.39, 0.29) is 0 Å². The van der Waals surface area contributed by atoms with Crippen LogP contribution in [0, 0.1) is 5.41 Å². The molecule has 1 saturated heterocycles.